The number of sulfonamides is 1. The number of amides is 1. The number of carbonyl (C=O) groups excluding carboxylic acids is 2. The van der Waals surface area contributed by atoms with Crippen molar-refractivity contribution >= 4 is 39.0 Å². The molecule has 2 atom stereocenters. The van der Waals surface area contributed by atoms with Gasteiger partial charge in [-0.15, -0.1) is 0 Å². The van der Waals surface area contributed by atoms with Crippen molar-refractivity contribution in [2.45, 2.75) is 101 Å². The molecule has 242 valence electrons. The van der Waals surface area contributed by atoms with E-state index in [0.29, 0.717) is 68.1 Å². The molecule has 0 bridgehead atoms. The number of carbonyl (C=O) groups is 2. The Hall–Kier alpha value is -2.97. The topological polar surface area (TPSA) is 100 Å². The number of fused-ring (bicyclic) bond motifs is 1. The SMILES string of the molecule is [C-]#[N+]c1cc(Cl)cc2c1C[C@H](N1CCCCC1)[C@H]2Oc1ccc(S(=O)(=O)NC2CCN(C(=O)CCCCC(=O)CC)CC2)cc1. The van der Waals surface area contributed by atoms with Crippen LogP contribution in [0.3, 0.4) is 0 Å². The Morgan fingerprint density at radius 1 is 1.02 bits per heavy atom. The predicted octanol–water partition coefficient (Wildman–Crippen LogP) is 6.23. The maximum absolute atomic E-state index is 13.2. The molecule has 1 amide bonds. The number of Topliss-reactive ketones (excluding diaryl/α,β-unsaturated/α-hetero) is 1. The van der Waals surface area contributed by atoms with E-state index in [9.17, 15) is 18.0 Å². The van der Waals surface area contributed by atoms with E-state index in [0.717, 1.165) is 49.9 Å². The Morgan fingerprint density at radius 3 is 2.38 bits per heavy atom. The Labute approximate surface area is 272 Å². The average Bonchev–Trinajstić information content (AvgIpc) is 3.41. The van der Waals surface area contributed by atoms with Crippen molar-refractivity contribution in [3.05, 3.63) is 64.0 Å². The van der Waals surface area contributed by atoms with Gasteiger partial charge in [0, 0.05) is 43.4 Å². The molecule has 9 nitrogen and oxygen atoms in total. The van der Waals surface area contributed by atoms with Gasteiger partial charge in [-0.05, 0) is 106 Å². The van der Waals surface area contributed by atoms with Crippen LogP contribution >= 0.6 is 11.6 Å². The summed E-state index contributed by atoms with van der Waals surface area (Å²) in [5.41, 5.74) is 2.47. The molecule has 45 heavy (non-hydrogen) atoms. The van der Waals surface area contributed by atoms with E-state index in [1.165, 1.54) is 6.42 Å². The van der Waals surface area contributed by atoms with Crippen LogP contribution in [0.25, 0.3) is 4.85 Å². The number of nitrogens with zero attached hydrogens (tertiary/aromatic N) is 3. The molecule has 0 radical (unpaired) electrons. The third-order valence-electron chi connectivity index (χ3n) is 9.33. The summed E-state index contributed by atoms with van der Waals surface area (Å²) in [6, 6.07) is 9.95. The maximum Gasteiger partial charge on any atom is 0.240 e. The van der Waals surface area contributed by atoms with Gasteiger partial charge in [-0.3, -0.25) is 14.5 Å². The van der Waals surface area contributed by atoms with E-state index in [-0.39, 0.29) is 34.8 Å². The first kappa shape index (κ1) is 33.4. The van der Waals surface area contributed by atoms with Crippen LogP contribution < -0.4 is 9.46 Å². The van der Waals surface area contributed by atoms with Crippen LogP contribution in [-0.2, 0) is 26.0 Å². The summed E-state index contributed by atoms with van der Waals surface area (Å²) in [5.74, 6) is 0.847. The zero-order valence-electron chi connectivity index (χ0n) is 26.0. The van der Waals surface area contributed by atoms with Crippen molar-refractivity contribution in [2.75, 3.05) is 26.2 Å². The number of ether oxygens (including phenoxy) is 1. The molecule has 2 heterocycles. The number of likely N-dealkylation sites (tertiary alicyclic amines) is 2. The number of halogens is 1. The lowest BCUT2D eigenvalue weighted by molar-refractivity contribution is -0.132. The van der Waals surface area contributed by atoms with Gasteiger partial charge in [0.1, 0.15) is 17.6 Å². The number of piperidine rings is 2. The highest BCUT2D eigenvalue weighted by Gasteiger charge is 2.40. The second-order valence-electron chi connectivity index (χ2n) is 12.4. The van der Waals surface area contributed by atoms with Gasteiger partial charge in [-0.2, -0.15) is 0 Å². The summed E-state index contributed by atoms with van der Waals surface area (Å²) >= 11 is 6.41. The molecular formula is C34H43ClN4O5S. The summed E-state index contributed by atoms with van der Waals surface area (Å²) in [4.78, 5) is 32.2. The Bertz CT molecular complexity index is 1510. The first-order valence-corrected chi connectivity index (χ1v) is 18.1. The maximum atomic E-state index is 13.2. The van der Waals surface area contributed by atoms with Gasteiger partial charge >= 0.3 is 0 Å². The zero-order valence-corrected chi connectivity index (χ0v) is 27.5. The quantitative estimate of drug-likeness (QED) is 0.215. The molecule has 2 aliphatic heterocycles. The zero-order chi connectivity index (χ0) is 32.0. The number of ketones is 1. The minimum atomic E-state index is -3.76. The van der Waals surface area contributed by atoms with Crippen molar-refractivity contribution < 1.29 is 22.7 Å². The monoisotopic (exact) mass is 654 g/mol. The summed E-state index contributed by atoms with van der Waals surface area (Å²) in [6.07, 6.45) is 7.87. The summed E-state index contributed by atoms with van der Waals surface area (Å²) in [5, 5.41) is 0.510. The molecule has 1 aliphatic carbocycles. The molecule has 0 spiro atoms. The van der Waals surface area contributed by atoms with E-state index in [1.807, 2.05) is 13.0 Å². The molecule has 1 N–H and O–H groups in total. The molecule has 2 aromatic carbocycles. The van der Waals surface area contributed by atoms with Gasteiger partial charge in [0.2, 0.25) is 15.9 Å². The molecule has 0 aromatic heterocycles. The largest absolute Gasteiger partial charge is 0.484 e. The highest BCUT2D eigenvalue weighted by molar-refractivity contribution is 7.89. The molecule has 0 saturated carbocycles. The highest BCUT2D eigenvalue weighted by Crippen LogP contribution is 2.44. The van der Waals surface area contributed by atoms with Crippen molar-refractivity contribution in [3.8, 4) is 5.75 Å². The van der Waals surface area contributed by atoms with Crippen molar-refractivity contribution in [2.24, 2.45) is 0 Å². The highest BCUT2D eigenvalue weighted by atomic mass is 35.5. The Balaban J connectivity index is 1.19. The number of benzene rings is 2. The van der Waals surface area contributed by atoms with E-state index in [2.05, 4.69) is 14.5 Å². The Kier molecular flexibility index (Phi) is 11.2. The Morgan fingerprint density at radius 2 is 1.71 bits per heavy atom. The standard InChI is InChI=1S/C34H43ClN4O5S/c1-3-26(40)9-5-6-10-33(41)39-19-15-25(16-20-39)37-45(42,43)28-13-11-27(12-14-28)44-34-30-21-24(35)22-31(36-2)29(30)23-32(34)38-17-7-4-8-18-38/h11-14,21-22,25,32,34,37H,3-10,15-20,23H2,1H3/t32-,34-/m0/s1. The molecule has 3 aliphatic rings. The molecular weight excluding hydrogens is 612 g/mol. The average molecular weight is 655 g/mol. The third-order valence-corrected chi connectivity index (χ3v) is 11.1. The number of hydrogen-bond donors (Lipinski definition) is 1. The second-order valence-corrected chi connectivity index (χ2v) is 14.5. The van der Waals surface area contributed by atoms with Crippen LogP contribution in [0.2, 0.25) is 5.02 Å². The summed E-state index contributed by atoms with van der Waals surface area (Å²) in [7, 11) is -3.76. The molecule has 2 aromatic rings. The van der Waals surface area contributed by atoms with E-state index in [1.54, 1.807) is 35.2 Å². The second kappa shape index (κ2) is 15.1. The lowest BCUT2D eigenvalue weighted by atomic mass is 10.0. The van der Waals surface area contributed by atoms with Crippen LogP contribution in [0.1, 0.15) is 88.4 Å². The van der Waals surface area contributed by atoms with Gasteiger partial charge in [0.15, 0.2) is 5.69 Å². The first-order chi connectivity index (χ1) is 21.7. The number of rotatable bonds is 12. The van der Waals surface area contributed by atoms with Gasteiger partial charge in [-0.25, -0.2) is 18.0 Å². The fourth-order valence-corrected chi connectivity index (χ4v) is 8.29. The van der Waals surface area contributed by atoms with Crippen LogP contribution in [0.15, 0.2) is 41.3 Å². The number of unbranched alkanes of at least 4 members (excludes halogenated alkanes) is 1. The number of hydrogen-bond acceptors (Lipinski definition) is 6. The van der Waals surface area contributed by atoms with Crippen LogP contribution in [0.4, 0.5) is 5.69 Å². The molecule has 2 fully saturated rings. The van der Waals surface area contributed by atoms with Crippen molar-refractivity contribution in [1.29, 1.82) is 0 Å². The summed E-state index contributed by atoms with van der Waals surface area (Å²) < 4.78 is 35.9. The van der Waals surface area contributed by atoms with Gasteiger partial charge in [0.25, 0.3) is 0 Å². The fraction of sp³-hybridized carbons (Fsp3) is 0.559. The molecule has 11 heteroatoms. The smallest absolute Gasteiger partial charge is 0.240 e. The minimum absolute atomic E-state index is 0.0656. The third kappa shape index (κ3) is 8.25. The van der Waals surface area contributed by atoms with Gasteiger partial charge in [0.05, 0.1) is 17.5 Å². The van der Waals surface area contributed by atoms with Crippen LogP contribution in [-0.4, -0.2) is 68.2 Å². The van der Waals surface area contributed by atoms with E-state index in [4.69, 9.17) is 22.9 Å². The minimum Gasteiger partial charge on any atom is -0.484 e. The van der Waals surface area contributed by atoms with Crippen molar-refractivity contribution in [3.63, 3.8) is 0 Å². The fourth-order valence-electron chi connectivity index (χ4n) is 6.77. The normalized spacial score (nSPS) is 20.9. The molecule has 0 unspecified atom stereocenters. The summed E-state index contributed by atoms with van der Waals surface area (Å²) in [6.45, 7) is 12.5. The lowest BCUT2D eigenvalue weighted by Crippen LogP contribution is -2.46. The van der Waals surface area contributed by atoms with E-state index >= 15 is 0 Å². The van der Waals surface area contributed by atoms with Crippen LogP contribution in [0.5, 0.6) is 5.75 Å². The predicted molar refractivity (Wildman–Crippen MR) is 174 cm³/mol. The van der Waals surface area contributed by atoms with Crippen LogP contribution in [0, 0.1) is 6.57 Å². The molecule has 5 rings (SSSR count). The van der Waals surface area contributed by atoms with E-state index < -0.39 is 10.0 Å². The first-order valence-electron chi connectivity index (χ1n) is 16.2. The number of nitrogens with one attached hydrogen (secondary N) is 1. The van der Waals surface area contributed by atoms with Gasteiger partial charge < -0.3 is 9.64 Å². The lowest BCUT2D eigenvalue weighted by Gasteiger charge is -2.36. The van der Waals surface area contributed by atoms with Gasteiger partial charge in [-0.1, -0.05) is 24.9 Å². The van der Waals surface area contributed by atoms with Crippen molar-refractivity contribution in [1.82, 2.24) is 14.5 Å². The molecule has 2 saturated heterocycles.